The van der Waals surface area contributed by atoms with Gasteiger partial charge in [0, 0.05) is 12.3 Å². The topological polar surface area (TPSA) is 17.1 Å². The van der Waals surface area contributed by atoms with Crippen molar-refractivity contribution in [1.82, 2.24) is 0 Å². The SMILES string of the molecule is Cc1ccc(CC(=O)C2C3CC4CC(C3)CC2C4)cc1C. The monoisotopic (exact) mass is 282 g/mol. The van der Waals surface area contributed by atoms with Crippen LogP contribution in [-0.4, -0.2) is 5.78 Å². The second-order valence-corrected chi connectivity index (χ2v) is 8.02. The summed E-state index contributed by atoms with van der Waals surface area (Å²) >= 11 is 0. The molecule has 0 aromatic heterocycles. The summed E-state index contributed by atoms with van der Waals surface area (Å²) in [4.78, 5) is 12.9. The summed E-state index contributed by atoms with van der Waals surface area (Å²) < 4.78 is 0. The van der Waals surface area contributed by atoms with Crippen LogP contribution < -0.4 is 0 Å². The number of carbonyl (C=O) groups is 1. The third-order valence-electron chi connectivity index (χ3n) is 6.55. The molecule has 1 heteroatoms. The number of rotatable bonds is 3. The Morgan fingerprint density at radius 2 is 1.57 bits per heavy atom. The van der Waals surface area contributed by atoms with Gasteiger partial charge < -0.3 is 0 Å². The summed E-state index contributed by atoms with van der Waals surface area (Å²) in [5, 5.41) is 0. The molecule has 4 fully saturated rings. The third-order valence-corrected chi connectivity index (χ3v) is 6.55. The highest BCUT2D eigenvalue weighted by Gasteiger charge is 2.50. The van der Waals surface area contributed by atoms with Crippen LogP contribution in [0.4, 0.5) is 0 Å². The molecule has 4 saturated carbocycles. The van der Waals surface area contributed by atoms with Crippen molar-refractivity contribution in [2.45, 2.75) is 52.4 Å². The van der Waals surface area contributed by atoms with Gasteiger partial charge in [0.15, 0.2) is 0 Å². The Bertz CT molecular complexity index is 543. The van der Waals surface area contributed by atoms with E-state index in [1.807, 2.05) is 0 Å². The van der Waals surface area contributed by atoms with Crippen LogP contribution in [0.1, 0.15) is 48.8 Å². The molecule has 0 aliphatic heterocycles. The summed E-state index contributed by atoms with van der Waals surface area (Å²) in [5.41, 5.74) is 3.85. The van der Waals surface area contributed by atoms with E-state index in [2.05, 4.69) is 32.0 Å². The van der Waals surface area contributed by atoms with Crippen molar-refractivity contribution in [1.29, 1.82) is 0 Å². The molecule has 4 bridgehead atoms. The maximum Gasteiger partial charge on any atom is 0.140 e. The highest BCUT2D eigenvalue weighted by molar-refractivity contribution is 5.84. The van der Waals surface area contributed by atoms with Crippen LogP contribution in [0.5, 0.6) is 0 Å². The predicted molar refractivity (Wildman–Crippen MR) is 85.2 cm³/mol. The molecule has 1 nitrogen and oxygen atoms in total. The van der Waals surface area contributed by atoms with Crippen molar-refractivity contribution in [3.8, 4) is 0 Å². The lowest BCUT2D eigenvalue weighted by molar-refractivity contribution is -0.135. The summed E-state index contributed by atoms with van der Waals surface area (Å²) in [6, 6.07) is 6.52. The van der Waals surface area contributed by atoms with E-state index in [1.165, 1.54) is 48.8 Å². The van der Waals surface area contributed by atoms with Crippen LogP contribution in [0.3, 0.4) is 0 Å². The first-order valence-electron chi connectivity index (χ1n) is 8.69. The zero-order valence-electron chi connectivity index (χ0n) is 13.3. The van der Waals surface area contributed by atoms with Gasteiger partial charge in [-0.1, -0.05) is 18.2 Å². The van der Waals surface area contributed by atoms with Crippen molar-refractivity contribution < 1.29 is 4.79 Å². The summed E-state index contributed by atoms with van der Waals surface area (Å²) in [5.74, 6) is 4.28. The van der Waals surface area contributed by atoms with Gasteiger partial charge in [-0.15, -0.1) is 0 Å². The Labute approximate surface area is 128 Å². The molecule has 4 aliphatic rings. The van der Waals surface area contributed by atoms with E-state index in [-0.39, 0.29) is 0 Å². The van der Waals surface area contributed by atoms with Crippen LogP contribution in [-0.2, 0) is 11.2 Å². The van der Waals surface area contributed by atoms with Gasteiger partial charge in [-0.3, -0.25) is 4.79 Å². The molecule has 112 valence electrons. The van der Waals surface area contributed by atoms with Gasteiger partial charge in [-0.25, -0.2) is 0 Å². The molecule has 0 radical (unpaired) electrons. The van der Waals surface area contributed by atoms with Gasteiger partial charge in [-0.2, -0.15) is 0 Å². The van der Waals surface area contributed by atoms with Crippen molar-refractivity contribution in [3.05, 3.63) is 34.9 Å². The normalized spacial score (nSPS) is 37.0. The zero-order chi connectivity index (χ0) is 14.6. The predicted octanol–water partition coefficient (Wildman–Crippen LogP) is 4.49. The van der Waals surface area contributed by atoms with Gasteiger partial charge in [0.05, 0.1) is 0 Å². The second kappa shape index (κ2) is 4.97. The Morgan fingerprint density at radius 3 is 2.14 bits per heavy atom. The Morgan fingerprint density at radius 1 is 0.952 bits per heavy atom. The molecule has 4 aliphatic carbocycles. The molecular weight excluding hydrogens is 256 g/mol. The van der Waals surface area contributed by atoms with Crippen LogP contribution >= 0.6 is 0 Å². The van der Waals surface area contributed by atoms with Gasteiger partial charge in [0.2, 0.25) is 0 Å². The summed E-state index contributed by atoms with van der Waals surface area (Å²) in [7, 11) is 0. The molecule has 0 saturated heterocycles. The molecule has 0 unspecified atom stereocenters. The molecule has 0 spiro atoms. The van der Waals surface area contributed by atoms with E-state index in [1.54, 1.807) is 0 Å². The lowest BCUT2D eigenvalue weighted by Crippen LogP contribution is -2.48. The fourth-order valence-electron chi connectivity index (χ4n) is 5.68. The first kappa shape index (κ1) is 13.5. The molecule has 1 aromatic rings. The smallest absolute Gasteiger partial charge is 0.140 e. The molecule has 5 rings (SSSR count). The van der Waals surface area contributed by atoms with Crippen LogP contribution in [0.15, 0.2) is 18.2 Å². The Hall–Kier alpha value is -1.11. The minimum Gasteiger partial charge on any atom is -0.299 e. The largest absolute Gasteiger partial charge is 0.299 e. The molecule has 0 atom stereocenters. The highest BCUT2D eigenvalue weighted by Crippen LogP contribution is 2.56. The molecule has 0 amide bonds. The number of ketones is 1. The zero-order valence-corrected chi connectivity index (χ0v) is 13.3. The van der Waals surface area contributed by atoms with Gasteiger partial charge in [0.1, 0.15) is 5.78 Å². The molecule has 0 heterocycles. The van der Waals surface area contributed by atoms with E-state index in [0.717, 1.165) is 23.7 Å². The average molecular weight is 282 g/mol. The third kappa shape index (κ3) is 2.35. The van der Waals surface area contributed by atoms with E-state index in [9.17, 15) is 4.79 Å². The Kier molecular flexibility index (Phi) is 3.20. The van der Waals surface area contributed by atoms with Crippen molar-refractivity contribution in [2.24, 2.45) is 29.6 Å². The maximum absolute atomic E-state index is 12.9. The number of hydrogen-bond acceptors (Lipinski definition) is 1. The quantitative estimate of drug-likeness (QED) is 0.798. The first-order chi connectivity index (χ1) is 10.1. The summed E-state index contributed by atoms with van der Waals surface area (Å²) in [6.07, 6.45) is 7.50. The summed E-state index contributed by atoms with van der Waals surface area (Å²) in [6.45, 7) is 4.28. The van der Waals surface area contributed by atoms with Crippen molar-refractivity contribution >= 4 is 5.78 Å². The fourth-order valence-corrected chi connectivity index (χ4v) is 5.68. The second-order valence-electron chi connectivity index (χ2n) is 8.02. The maximum atomic E-state index is 12.9. The fraction of sp³-hybridized carbons (Fsp3) is 0.650. The highest BCUT2D eigenvalue weighted by atomic mass is 16.1. The van der Waals surface area contributed by atoms with Gasteiger partial charge in [0.25, 0.3) is 0 Å². The van der Waals surface area contributed by atoms with E-state index < -0.39 is 0 Å². The molecule has 1 aromatic carbocycles. The van der Waals surface area contributed by atoms with Gasteiger partial charge >= 0.3 is 0 Å². The van der Waals surface area contributed by atoms with Crippen molar-refractivity contribution in [3.63, 3.8) is 0 Å². The molecule has 21 heavy (non-hydrogen) atoms. The van der Waals surface area contributed by atoms with Crippen LogP contribution in [0.25, 0.3) is 0 Å². The number of carbonyl (C=O) groups excluding carboxylic acids is 1. The number of Topliss-reactive ketones (excluding diaryl/α,β-unsaturated/α-hetero) is 1. The van der Waals surface area contributed by atoms with E-state index in [0.29, 0.717) is 18.1 Å². The average Bonchev–Trinajstić information content (AvgIpc) is 2.41. The first-order valence-corrected chi connectivity index (χ1v) is 8.69. The lowest BCUT2D eigenvalue weighted by atomic mass is 9.51. The number of hydrogen-bond donors (Lipinski definition) is 0. The Balaban J connectivity index is 1.51. The van der Waals surface area contributed by atoms with Gasteiger partial charge in [-0.05, 0) is 86.3 Å². The van der Waals surface area contributed by atoms with E-state index in [4.69, 9.17) is 0 Å². The number of benzene rings is 1. The molecule has 0 N–H and O–H groups in total. The minimum atomic E-state index is 0.388. The number of aryl methyl sites for hydroxylation is 2. The van der Waals surface area contributed by atoms with E-state index >= 15 is 0 Å². The lowest BCUT2D eigenvalue weighted by Gasteiger charge is -2.53. The van der Waals surface area contributed by atoms with Crippen LogP contribution in [0.2, 0.25) is 0 Å². The van der Waals surface area contributed by atoms with Crippen molar-refractivity contribution in [2.75, 3.05) is 0 Å². The standard InChI is InChI=1S/C20H26O/c1-12-3-4-14(5-13(12)2)11-19(21)20-17-7-15-6-16(9-17)10-18(20)8-15/h3-5,15-18,20H,6-11H2,1-2H3. The molecular formula is C20H26O. The minimum absolute atomic E-state index is 0.388. The van der Waals surface area contributed by atoms with Crippen LogP contribution in [0, 0.1) is 43.4 Å².